The first-order valence-electron chi connectivity index (χ1n) is 7.59. The average Bonchev–Trinajstić information content (AvgIpc) is 2.61. The van der Waals surface area contributed by atoms with Crippen molar-refractivity contribution in [1.29, 1.82) is 0 Å². The molecule has 5 heteroatoms. The summed E-state index contributed by atoms with van der Waals surface area (Å²) in [4.78, 5) is 29.1. The molecule has 3 aromatic rings. The lowest BCUT2D eigenvalue weighted by molar-refractivity contribution is 0.0783. The molecule has 1 aromatic heterocycles. The predicted octanol–water partition coefficient (Wildman–Crippen LogP) is 2.81. The van der Waals surface area contributed by atoms with Gasteiger partial charge in [0.1, 0.15) is 11.3 Å². The molecule has 0 spiro atoms. The zero-order valence-electron chi connectivity index (χ0n) is 13.6. The van der Waals surface area contributed by atoms with Crippen LogP contribution in [0.2, 0.25) is 0 Å². The van der Waals surface area contributed by atoms with Gasteiger partial charge in [-0.3, -0.25) is 9.59 Å². The lowest BCUT2D eigenvalue weighted by Gasteiger charge is -2.17. The van der Waals surface area contributed by atoms with Gasteiger partial charge in [0.15, 0.2) is 0 Å². The van der Waals surface area contributed by atoms with Gasteiger partial charge in [0.2, 0.25) is 0 Å². The molecule has 122 valence electrons. The van der Waals surface area contributed by atoms with Gasteiger partial charge in [0.25, 0.3) is 11.5 Å². The first-order valence-corrected chi connectivity index (χ1v) is 7.59. The van der Waals surface area contributed by atoms with Crippen molar-refractivity contribution in [1.82, 2.24) is 9.88 Å². The highest BCUT2D eigenvalue weighted by Gasteiger charge is 2.16. The maximum Gasteiger partial charge on any atom is 0.261 e. The van der Waals surface area contributed by atoms with Crippen LogP contribution in [0.25, 0.3) is 10.9 Å². The van der Waals surface area contributed by atoms with E-state index in [0.717, 1.165) is 22.2 Å². The molecule has 1 N–H and O–H groups in total. The second kappa shape index (κ2) is 6.58. The summed E-state index contributed by atoms with van der Waals surface area (Å²) in [6, 6.07) is 16.5. The summed E-state index contributed by atoms with van der Waals surface area (Å²) in [6.07, 6.45) is 0. The van der Waals surface area contributed by atoms with Crippen molar-refractivity contribution >= 4 is 16.8 Å². The molecule has 3 rings (SSSR count). The van der Waals surface area contributed by atoms with Crippen LogP contribution in [0.1, 0.15) is 15.9 Å². The van der Waals surface area contributed by atoms with E-state index in [9.17, 15) is 9.59 Å². The van der Waals surface area contributed by atoms with Gasteiger partial charge in [-0.25, -0.2) is 0 Å². The molecule has 2 aromatic carbocycles. The second-order valence-corrected chi connectivity index (χ2v) is 5.61. The van der Waals surface area contributed by atoms with Crippen LogP contribution in [0.5, 0.6) is 5.75 Å². The molecule has 0 saturated carbocycles. The summed E-state index contributed by atoms with van der Waals surface area (Å²) >= 11 is 0. The van der Waals surface area contributed by atoms with Gasteiger partial charge in [-0.15, -0.1) is 0 Å². The number of hydrogen-bond acceptors (Lipinski definition) is 3. The minimum Gasteiger partial charge on any atom is -0.497 e. The van der Waals surface area contributed by atoms with E-state index in [-0.39, 0.29) is 17.0 Å². The number of aromatic amines is 1. The second-order valence-electron chi connectivity index (χ2n) is 5.61. The third-order valence-electron chi connectivity index (χ3n) is 3.91. The van der Waals surface area contributed by atoms with Gasteiger partial charge in [0.05, 0.1) is 7.11 Å². The highest BCUT2D eigenvalue weighted by atomic mass is 16.5. The molecule has 0 radical (unpaired) electrons. The van der Waals surface area contributed by atoms with E-state index in [0.29, 0.717) is 6.54 Å². The number of ether oxygens (including phenoxy) is 1. The largest absolute Gasteiger partial charge is 0.497 e. The van der Waals surface area contributed by atoms with Crippen molar-refractivity contribution in [3.63, 3.8) is 0 Å². The lowest BCUT2D eigenvalue weighted by atomic mass is 10.1. The number of nitrogens with one attached hydrogen (secondary N) is 1. The highest BCUT2D eigenvalue weighted by Crippen LogP contribution is 2.15. The van der Waals surface area contributed by atoms with Crippen molar-refractivity contribution in [2.45, 2.75) is 6.54 Å². The Labute approximate surface area is 139 Å². The molecule has 0 aliphatic rings. The number of nitrogens with zero attached hydrogens (tertiary/aromatic N) is 1. The fraction of sp³-hybridized carbons (Fsp3) is 0.158. The van der Waals surface area contributed by atoms with E-state index in [4.69, 9.17) is 4.74 Å². The maximum atomic E-state index is 12.6. The van der Waals surface area contributed by atoms with Crippen molar-refractivity contribution in [3.8, 4) is 5.75 Å². The smallest absolute Gasteiger partial charge is 0.261 e. The van der Waals surface area contributed by atoms with Crippen molar-refractivity contribution < 1.29 is 9.53 Å². The van der Waals surface area contributed by atoms with Gasteiger partial charge in [0, 0.05) is 19.1 Å². The number of para-hydroxylation sites is 1. The molecular weight excluding hydrogens is 304 g/mol. The number of amides is 1. The molecule has 24 heavy (non-hydrogen) atoms. The monoisotopic (exact) mass is 322 g/mol. The van der Waals surface area contributed by atoms with Crippen molar-refractivity contribution in [3.05, 3.63) is 76.1 Å². The summed E-state index contributed by atoms with van der Waals surface area (Å²) < 4.78 is 5.12. The standard InChI is InChI=1S/C19H18N2O3/c1-21(12-13-7-9-15(24-2)10-8-13)19(23)16-11-14-5-3-4-6-17(14)20-18(16)22/h3-11H,12H2,1-2H3,(H,20,22). The SMILES string of the molecule is COc1ccc(CN(C)C(=O)c2cc3ccccc3[nH]c2=O)cc1. The van der Waals surface area contributed by atoms with Crippen LogP contribution in [-0.2, 0) is 6.54 Å². The van der Waals surface area contributed by atoms with E-state index in [1.54, 1.807) is 20.2 Å². The molecule has 0 aliphatic carbocycles. The minimum atomic E-state index is -0.375. The summed E-state index contributed by atoms with van der Waals surface area (Å²) in [5.41, 5.74) is 1.45. The average molecular weight is 322 g/mol. The number of H-pyrrole nitrogens is 1. The molecule has 0 aliphatic heterocycles. The molecule has 0 unspecified atom stereocenters. The Morgan fingerprint density at radius 1 is 1.12 bits per heavy atom. The Bertz CT molecular complexity index is 929. The Kier molecular flexibility index (Phi) is 4.33. The number of pyridine rings is 1. The third-order valence-corrected chi connectivity index (χ3v) is 3.91. The van der Waals surface area contributed by atoms with Gasteiger partial charge < -0.3 is 14.6 Å². The molecule has 0 fully saturated rings. The number of carbonyl (C=O) groups is 1. The quantitative estimate of drug-likeness (QED) is 0.803. The first-order chi connectivity index (χ1) is 11.6. The van der Waals surface area contributed by atoms with E-state index in [2.05, 4.69) is 4.98 Å². The highest BCUT2D eigenvalue weighted by molar-refractivity contribution is 5.97. The number of aromatic nitrogens is 1. The van der Waals surface area contributed by atoms with Crippen LogP contribution in [0, 0.1) is 0 Å². The fourth-order valence-corrected chi connectivity index (χ4v) is 2.59. The van der Waals surface area contributed by atoms with E-state index in [1.807, 2.05) is 48.5 Å². The molecule has 0 bridgehead atoms. The number of rotatable bonds is 4. The molecule has 0 saturated heterocycles. The van der Waals surface area contributed by atoms with Crippen molar-refractivity contribution in [2.24, 2.45) is 0 Å². The van der Waals surface area contributed by atoms with Crippen LogP contribution >= 0.6 is 0 Å². The number of benzene rings is 2. The van der Waals surface area contributed by atoms with Crippen LogP contribution in [0.4, 0.5) is 0 Å². The van der Waals surface area contributed by atoms with Crippen LogP contribution in [0.15, 0.2) is 59.4 Å². The van der Waals surface area contributed by atoms with Crippen LogP contribution in [0.3, 0.4) is 0 Å². The topological polar surface area (TPSA) is 62.4 Å². The number of hydrogen-bond donors (Lipinski definition) is 1. The summed E-state index contributed by atoms with van der Waals surface area (Å²) in [6.45, 7) is 0.412. The Morgan fingerprint density at radius 3 is 2.54 bits per heavy atom. The van der Waals surface area contributed by atoms with Crippen LogP contribution < -0.4 is 10.3 Å². The summed E-state index contributed by atoms with van der Waals surface area (Å²) in [5, 5.41) is 0.832. The lowest BCUT2D eigenvalue weighted by Crippen LogP contribution is -2.31. The Hall–Kier alpha value is -3.08. The Balaban J connectivity index is 1.84. The molecule has 5 nitrogen and oxygen atoms in total. The Morgan fingerprint density at radius 2 is 1.83 bits per heavy atom. The number of carbonyl (C=O) groups excluding carboxylic acids is 1. The minimum absolute atomic E-state index is 0.143. The summed E-state index contributed by atoms with van der Waals surface area (Å²) in [7, 11) is 3.29. The number of methoxy groups -OCH3 is 1. The van der Waals surface area contributed by atoms with Gasteiger partial charge in [-0.2, -0.15) is 0 Å². The third kappa shape index (κ3) is 3.15. The molecule has 0 atom stereocenters. The molecule has 1 amide bonds. The normalized spacial score (nSPS) is 10.6. The molecule has 1 heterocycles. The summed E-state index contributed by atoms with van der Waals surface area (Å²) in [5.74, 6) is 0.455. The predicted molar refractivity (Wildman–Crippen MR) is 93.4 cm³/mol. The maximum absolute atomic E-state index is 12.6. The van der Waals surface area contributed by atoms with Gasteiger partial charge >= 0.3 is 0 Å². The van der Waals surface area contributed by atoms with Gasteiger partial charge in [-0.05, 0) is 35.2 Å². The van der Waals surface area contributed by atoms with E-state index < -0.39 is 0 Å². The van der Waals surface area contributed by atoms with E-state index in [1.165, 1.54) is 4.90 Å². The van der Waals surface area contributed by atoms with E-state index >= 15 is 0 Å². The van der Waals surface area contributed by atoms with Crippen LogP contribution in [-0.4, -0.2) is 29.9 Å². The zero-order valence-corrected chi connectivity index (χ0v) is 13.6. The zero-order chi connectivity index (χ0) is 17.1. The number of fused-ring (bicyclic) bond motifs is 1. The molecular formula is C19H18N2O3. The first kappa shape index (κ1) is 15.8. The van der Waals surface area contributed by atoms with Crippen molar-refractivity contribution in [2.75, 3.05) is 14.2 Å². The fourth-order valence-electron chi connectivity index (χ4n) is 2.59. The van der Waals surface area contributed by atoms with Gasteiger partial charge in [-0.1, -0.05) is 30.3 Å².